The van der Waals surface area contributed by atoms with E-state index in [9.17, 15) is 9.90 Å². The molecule has 112 valence electrons. The Morgan fingerprint density at radius 1 is 1.48 bits per heavy atom. The molecule has 1 saturated heterocycles. The topological polar surface area (TPSA) is 57.8 Å². The molecule has 0 amide bonds. The Morgan fingerprint density at radius 3 is 3.00 bits per heavy atom. The van der Waals surface area contributed by atoms with E-state index in [0.29, 0.717) is 18.2 Å². The van der Waals surface area contributed by atoms with E-state index in [2.05, 4.69) is 16.8 Å². The number of aryl methyl sites for hydroxylation is 1. The van der Waals surface area contributed by atoms with Crippen LogP contribution in [0.5, 0.6) is 0 Å². The molecule has 3 rings (SSSR count). The molecule has 2 aromatic heterocycles. The summed E-state index contributed by atoms with van der Waals surface area (Å²) in [7, 11) is 0. The van der Waals surface area contributed by atoms with Crippen LogP contribution in [0.15, 0.2) is 18.3 Å². The normalized spacial score (nSPS) is 20.0. The second kappa shape index (κ2) is 5.48. The Morgan fingerprint density at radius 2 is 2.29 bits per heavy atom. The van der Waals surface area contributed by atoms with Gasteiger partial charge in [-0.1, -0.05) is 6.42 Å². The molecule has 2 aromatic rings. The van der Waals surface area contributed by atoms with Crippen LogP contribution in [-0.4, -0.2) is 37.9 Å². The number of aromatic carboxylic acids is 1. The van der Waals surface area contributed by atoms with Crippen molar-refractivity contribution in [2.24, 2.45) is 0 Å². The van der Waals surface area contributed by atoms with Crippen molar-refractivity contribution >= 4 is 11.6 Å². The molecule has 0 spiro atoms. The summed E-state index contributed by atoms with van der Waals surface area (Å²) in [5.41, 5.74) is 2.76. The van der Waals surface area contributed by atoms with E-state index in [1.165, 1.54) is 19.3 Å². The maximum Gasteiger partial charge on any atom is 0.356 e. The Kier molecular flexibility index (Phi) is 3.68. The molecule has 5 heteroatoms. The average Bonchev–Trinajstić information content (AvgIpc) is 2.79. The van der Waals surface area contributed by atoms with Gasteiger partial charge in [0.25, 0.3) is 0 Å². The van der Waals surface area contributed by atoms with Crippen molar-refractivity contribution in [3.63, 3.8) is 0 Å². The van der Waals surface area contributed by atoms with E-state index in [-0.39, 0.29) is 5.69 Å². The average molecular weight is 287 g/mol. The molecule has 1 fully saturated rings. The van der Waals surface area contributed by atoms with Crippen molar-refractivity contribution in [3.05, 3.63) is 35.3 Å². The van der Waals surface area contributed by atoms with Crippen molar-refractivity contribution in [1.29, 1.82) is 0 Å². The van der Waals surface area contributed by atoms with Crippen LogP contribution < -0.4 is 0 Å². The Bertz CT molecular complexity index is 677. The van der Waals surface area contributed by atoms with Crippen molar-refractivity contribution in [3.8, 4) is 0 Å². The molecule has 5 nitrogen and oxygen atoms in total. The van der Waals surface area contributed by atoms with Gasteiger partial charge in [-0.2, -0.15) is 0 Å². The summed E-state index contributed by atoms with van der Waals surface area (Å²) in [5.74, 6) is -0.948. The quantitative estimate of drug-likeness (QED) is 0.943. The first kappa shape index (κ1) is 14.1. The van der Waals surface area contributed by atoms with E-state index in [0.717, 1.165) is 17.8 Å². The van der Waals surface area contributed by atoms with Gasteiger partial charge in [-0.15, -0.1) is 0 Å². The summed E-state index contributed by atoms with van der Waals surface area (Å²) >= 11 is 0. The molecule has 1 aliphatic rings. The van der Waals surface area contributed by atoms with Crippen LogP contribution >= 0.6 is 0 Å². The summed E-state index contributed by atoms with van der Waals surface area (Å²) in [6.45, 7) is 5.88. The Hall–Kier alpha value is -1.88. The number of carbonyl (C=O) groups is 1. The summed E-state index contributed by atoms with van der Waals surface area (Å²) < 4.78 is 1.91. The van der Waals surface area contributed by atoms with Crippen LogP contribution in [0, 0.1) is 6.92 Å². The molecule has 21 heavy (non-hydrogen) atoms. The minimum atomic E-state index is -0.948. The van der Waals surface area contributed by atoms with Gasteiger partial charge in [0, 0.05) is 18.8 Å². The number of hydrogen-bond donors (Lipinski definition) is 1. The SMILES string of the molecule is Cc1ccn2c(CN3CCCCC3C)c(C(=O)O)nc2c1. The predicted molar refractivity (Wildman–Crippen MR) is 80.6 cm³/mol. The van der Waals surface area contributed by atoms with Crippen LogP contribution in [0.2, 0.25) is 0 Å². The number of nitrogens with zero attached hydrogens (tertiary/aromatic N) is 3. The van der Waals surface area contributed by atoms with Crippen molar-refractivity contribution in [1.82, 2.24) is 14.3 Å². The zero-order valence-corrected chi connectivity index (χ0v) is 12.5. The van der Waals surface area contributed by atoms with Gasteiger partial charge in [0.15, 0.2) is 5.69 Å². The molecule has 1 aliphatic heterocycles. The number of carboxylic acids is 1. The molecule has 1 N–H and O–H groups in total. The van der Waals surface area contributed by atoms with E-state index in [1.807, 2.05) is 29.7 Å². The Labute approximate surface area is 124 Å². The highest BCUT2D eigenvalue weighted by Gasteiger charge is 2.24. The standard InChI is InChI=1S/C16H21N3O2/c1-11-6-8-19-13(10-18-7-4-3-5-12(18)2)15(16(20)21)17-14(19)9-11/h6,8-9,12H,3-5,7,10H2,1-2H3,(H,20,21). The highest BCUT2D eigenvalue weighted by molar-refractivity contribution is 5.88. The van der Waals surface area contributed by atoms with Crippen LogP contribution in [0.3, 0.4) is 0 Å². The molecular formula is C16H21N3O2. The lowest BCUT2D eigenvalue weighted by Crippen LogP contribution is -2.37. The number of pyridine rings is 1. The summed E-state index contributed by atoms with van der Waals surface area (Å²) in [6.07, 6.45) is 5.55. The lowest BCUT2D eigenvalue weighted by molar-refractivity contribution is 0.0686. The maximum atomic E-state index is 11.5. The molecule has 1 unspecified atom stereocenters. The molecule has 3 heterocycles. The molecule has 0 radical (unpaired) electrons. The third-order valence-electron chi connectivity index (χ3n) is 4.38. The van der Waals surface area contributed by atoms with Gasteiger partial charge in [0.1, 0.15) is 5.65 Å². The van der Waals surface area contributed by atoms with E-state index < -0.39 is 5.97 Å². The molecule has 0 aromatic carbocycles. The van der Waals surface area contributed by atoms with Gasteiger partial charge in [-0.05, 0) is 50.9 Å². The van der Waals surface area contributed by atoms with Gasteiger partial charge < -0.3 is 9.51 Å². The second-order valence-electron chi connectivity index (χ2n) is 5.96. The molecule has 0 aliphatic carbocycles. The van der Waals surface area contributed by atoms with Crippen LogP contribution in [0.1, 0.15) is 47.9 Å². The number of piperidine rings is 1. The number of aromatic nitrogens is 2. The maximum absolute atomic E-state index is 11.5. The molecule has 0 bridgehead atoms. The minimum Gasteiger partial charge on any atom is -0.476 e. The van der Waals surface area contributed by atoms with Gasteiger partial charge >= 0.3 is 5.97 Å². The first-order chi connectivity index (χ1) is 10.1. The fourth-order valence-electron chi connectivity index (χ4n) is 3.10. The zero-order valence-electron chi connectivity index (χ0n) is 12.5. The number of carboxylic acid groups (broad SMARTS) is 1. The molecular weight excluding hydrogens is 266 g/mol. The second-order valence-corrected chi connectivity index (χ2v) is 5.96. The predicted octanol–water partition coefficient (Wildman–Crippen LogP) is 2.72. The first-order valence-electron chi connectivity index (χ1n) is 7.51. The van der Waals surface area contributed by atoms with E-state index in [1.54, 1.807) is 0 Å². The van der Waals surface area contributed by atoms with E-state index >= 15 is 0 Å². The molecule has 0 saturated carbocycles. The lowest BCUT2D eigenvalue weighted by atomic mass is 10.0. The lowest BCUT2D eigenvalue weighted by Gasteiger charge is -2.33. The van der Waals surface area contributed by atoms with Gasteiger partial charge in [-0.3, -0.25) is 4.90 Å². The van der Waals surface area contributed by atoms with Crippen molar-refractivity contribution in [2.45, 2.75) is 45.7 Å². The number of imidazole rings is 1. The van der Waals surface area contributed by atoms with Crippen LogP contribution in [-0.2, 0) is 6.54 Å². The summed E-state index contributed by atoms with van der Waals surface area (Å²) in [5, 5.41) is 9.44. The Balaban J connectivity index is 2.02. The van der Waals surface area contributed by atoms with E-state index in [4.69, 9.17) is 0 Å². The largest absolute Gasteiger partial charge is 0.476 e. The smallest absolute Gasteiger partial charge is 0.356 e. The molecule has 1 atom stereocenters. The minimum absolute atomic E-state index is 0.179. The first-order valence-corrected chi connectivity index (χ1v) is 7.51. The fraction of sp³-hybridized carbons (Fsp3) is 0.500. The monoisotopic (exact) mass is 287 g/mol. The number of rotatable bonds is 3. The summed E-state index contributed by atoms with van der Waals surface area (Å²) in [4.78, 5) is 18.2. The highest BCUT2D eigenvalue weighted by atomic mass is 16.4. The third-order valence-corrected chi connectivity index (χ3v) is 4.38. The van der Waals surface area contributed by atoms with Gasteiger partial charge in [-0.25, -0.2) is 9.78 Å². The van der Waals surface area contributed by atoms with Gasteiger partial charge in [0.05, 0.1) is 5.69 Å². The third kappa shape index (κ3) is 2.65. The highest BCUT2D eigenvalue weighted by Crippen LogP contribution is 2.22. The van der Waals surface area contributed by atoms with Crippen LogP contribution in [0.25, 0.3) is 5.65 Å². The van der Waals surface area contributed by atoms with Crippen LogP contribution in [0.4, 0.5) is 0 Å². The summed E-state index contributed by atoms with van der Waals surface area (Å²) in [6, 6.07) is 4.41. The fourth-order valence-corrected chi connectivity index (χ4v) is 3.10. The van der Waals surface area contributed by atoms with Crippen molar-refractivity contribution < 1.29 is 9.90 Å². The number of likely N-dealkylation sites (tertiary alicyclic amines) is 1. The zero-order chi connectivity index (χ0) is 15.0. The van der Waals surface area contributed by atoms with Gasteiger partial charge in [0.2, 0.25) is 0 Å². The van der Waals surface area contributed by atoms with Crippen molar-refractivity contribution in [2.75, 3.05) is 6.54 Å². The number of hydrogen-bond acceptors (Lipinski definition) is 3. The number of fused-ring (bicyclic) bond motifs is 1.